The Hall–Kier alpha value is -2.94. The molecule has 1 heterocycles. The summed E-state index contributed by atoms with van der Waals surface area (Å²) in [5, 5.41) is 23.5. The number of esters is 1. The summed E-state index contributed by atoms with van der Waals surface area (Å²) in [4.78, 5) is 35.5. The number of anilines is 1. The van der Waals surface area contributed by atoms with Gasteiger partial charge in [-0.15, -0.1) is 11.3 Å². The van der Waals surface area contributed by atoms with Gasteiger partial charge in [0.1, 0.15) is 10.8 Å². The molecule has 0 bridgehead atoms. The van der Waals surface area contributed by atoms with Crippen LogP contribution < -0.4 is 5.32 Å². The SMILES string of the molecule is CCOC(=O)c1c(NC(=O)c2cc([N+](=O)[O-])ccc2O)sc(C)c1C. The number of phenols is 1. The molecule has 1 aromatic carbocycles. The Balaban J connectivity index is 2.39. The summed E-state index contributed by atoms with van der Waals surface area (Å²) in [5.41, 5.74) is 0.337. The number of thiophene rings is 1. The number of non-ortho nitro benzene ring substituents is 1. The van der Waals surface area contributed by atoms with E-state index in [1.165, 1.54) is 11.3 Å². The first-order valence-corrected chi connectivity index (χ1v) is 8.13. The highest BCUT2D eigenvalue weighted by molar-refractivity contribution is 7.16. The predicted octanol–water partition coefficient (Wildman–Crippen LogP) is 3.41. The number of nitro benzene ring substituents is 1. The number of amides is 1. The number of ether oxygens (including phenoxy) is 1. The van der Waals surface area contributed by atoms with Gasteiger partial charge in [-0.25, -0.2) is 4.79 Å². The molecule has 2 N–H and O–H groups in total. The monoisotopic (exact) mass is 364 g/mol. The minimum atomic E-state index is -0.756. The molecule has 25 heavy (non-hydrogen) atoms. The average molecular weight is 364 g/mol. The van der Waals surface area contributed by atoms with E-state index in [0.29, 0.717) is 5.56 Å². The summed E-state index contributed by atoms with van der Waals surface area (Å²) in [6, 6.07) is 3.14. The molecule has 0 atom stereocenters. The molecular weight excluding hydrogens is 348 g/mol. The number of nitrogens with one attached hydrogen (secondary N) is 1. The first kappa shape index (κ1) is 18.4. The number of aryl methyl sites for hydroxylation is 1. The van der Waals surface area contributed by atoms with Gasteiger partial charge in [-0.2, -0.15) is 0 Å². The molecule has 0 aliphatic heterocycles. The predicted molar refractivity (Wildman–Crippen MR) is 92.5 cm³/mol. The van der Waals surface area contributed by atoms with E-state index in [4.69, 9.17) is 4.74 Å². The smallest absolute Gasteiger partial charge is 0.341 e. The van der Waals surface area contributed by atoms with Crippen LogP contribution in [0.5, 0.6) is 5.75 Å². The number of carbonyl (C=O) groups is 2. The van der Waals surface area contributed by atoms with Crippen molar-refractivity contribution >= 4 is 33.9 Å². The van der Waals surface area contributed by atoms with E-state index < -0.39 is 22.5 Å². The molecule has 1 aromatic heterocycles. The lowest BCUT2D eigenvalue weighted by atomic mass is 10.1. The molecule has 9 heteroatoms. The van der Waals surface area contributed by atoms with E-state index in [1.54, 1.807) is 20.8 Å². The minimum Gasteiger partial charge on any atom is -0.507 e. The zero-order valence-corrected chi connectivity index (χ0v) is 14.6. The van der Waals surface area contributed by atoms with E-state index in [0.717, 1.165) is 23.1 Å². The third-order valence-electron chi connectivity index (χ3n) is 3.53. The summed E-state index contributed by atoms with van der Waals surface area (Å²) < 4.78 is 5.00. The highest BCUT2D eigenvalue weighted by Crippen LogP contribution is 2.34. The molecule has 0 spiro atoms. The highest BCUT2D eigenvalue weighted by atomic mass is 32.1. The number of aromatic hydroxyl groups is 1. The van der Waals surface area contributed by atoms with Crippen molar-refractivity contribution in [3.05, 3.63) is 49.9 Å². The van der Waals surface area contributed by atoms with Crippen LogP contribution in [0.4, 0.5) is 10.7 Å². The van der Waals surface area contributed by atoms with Gasteiger partial charge in [-0.3, -0.25) is 14.9 Å². The second kappa shape index (κ2) is 7.31. The number of nitro groups is 1. The van der Waals surface area contributed by atoms with Gasteiger partial charge in [0, 0.05) is 17.0 Å². The summed E-state index contributed by atoms with van der Waals surface area (Å²) in [5.74, 6) is -1.72. The third kappa shape index (κ3) is 3.77. The summed E-state index contributed by atoms with van der Waals surface area (Å²) in [6.07, 6.45) is 0. The van der Waals surface area contributed by atoms with Crippen LogP contribution in [0, 0.1) is 24.0 Å². The molecule has 1 amide bonds. The van der Waals surface area contributed by atoms with E-state index in [-0.39, 0.29) is 28.4 Å². The van der Waals surface area contributed by atoms with Crippen LogP contribution >= 0.6 is 11.3 Å². The maximum atomic E-state index is 12.4. The standard InChI is InChI=1S/C16H16N2O6S/c1-4-24-16(21)13-8(2)9(3)25-15(13)17-14(20)11-7-10(18(22)23)5-6-12(11)19/h5-7,19H,4H2,1-3H3,(H,17,20). The Morgan fingerprint density at radius 2 is 2.04 bits per heavy atom. The molecule has 0 fully saturated rings. The number of rotatable bonds is 5. The van der Waals surface area contributed by atoms with Gasteiger partial charge in [0.25, 0.3) is 11.6 Å². The van der Waals surface area contributed by atoms with Crippen LogP contribution in [0.1, 0.15) is 38.1 Å². The molecule has 0 saturated heterocycles. The van der Waals surface area contributed by atoms with Gasteiger partial charge >= 0.3 is 5.97 Å². The average Bonchev–Trinajstić information content (AvgIpc) is 2.81. The molecule has 0 aliphatic carbocycles. The van der Waals surface area contributed by atoms with E-state index in [9.17, 15) is 24.8 Å². The van der Waals surface area contributed by atoms with Crippen molar-refractivity contribution in [2.75, 3.05) is 11.9 Å². The molecule has 2 aromatic rings. The molecule has 8 nitrogen and oxygen atoms in total. The number of carbonyl (C=O) groups excluding carboxylic acids is 2. The summed E-state index contributed by atoms with van der Waals surface area (Å²) in [6.45, 7) is 5.39. The molecule has 0 aliphatic rings. The van der Waals surface area contributed by atoms with Crippen LogP contribution in [0.2, 0.25) is 0 Å². The summed E-state index contributed by atoms with van der Waals surface area (Å²) >= 11 is 1.19. The molecular formula is C16H16N2O6S. The number of nitrogens with zero attached hydrogens (tertiary/aromatic N) is 1. The minimum absolute atomic E-state index is 0.187. The molecule has 0 unspecified atom stereocenters. The Morgan fingerprint density at radius 3 is 2.64 bits per heavy atom. The molecule has 0 saturated carbocycles. The zero-order chi connectivity index (χ0) is 18.7. The third-order valence-corrected chi connectivity index (χ3v) is 4.65. The Bertz CT molecular complexity index is 859. The lowest BCUT2D eigenvalue weighted by Gasteiger charge is -2.08. The van der Waals surface area contributed by atoms with Crippen molar-refractivity contribution in [3.8, 4) is 5.75 Å². The van der Waals surface area contributed by atoms with Gasteiger partial charge in [-0.1, -0.05) is 0 Å². The van der Waals surface area contributed by atoms with E-state index >= 15 is 0 Å². The number of hydrogen-bond donors (Lipinski definition) is 2. The number of benzene rings is 1. The fourth-order valence-electron chi connectivity index (χ4n) is 2.15. The quantitative estimate of drug-likeness (QED) is 0.477. The maximum absolute atomic E-state index is 12.4. The zero-order valence-electron chi connectivity index (χ0n) is 13.8. The Kier molecular flexibility index (Phi) is 5.38. The van der Waals surface area contributed by atoms with Crippen LogP contribution in [0.3, 0.4) is 0 Å². The Labute approximate surface area is 147 Å². The van der Waals surface area contributed by atoms with Gasteiger partial charge in [0.2, 0.25) is 0 Å². The van der Waals surface area contributed by atoms with Gasteiger partial charge < -0.3 is 15.2 Å². The second-order valence-electron chi connectivity index (χ2n) is 5.12. The highest BCUT2D eigenvalue weighted by Gasteiger charge is 2.24. The Morgan fingerprint density at radius 1 is 1.36 bits per heavy atom. The molecule has 132 valence electrons. The van der Waals surface area contributed by atoms with Crippen LogP contribution in [-0.4, -0.2) is 28.5 Å². The fourth-order valence-corrected chi connectivity index (χ4v) is 3.20. The first-order chi connectivity index (χ1) is 11.8. The van der Waals surface area contributed by atoms with E-state index in [1.807, 2.05) is 0 Å². The molecule has 2 rings (SSSR count). The van der Waals surface area contributed by atoms with Gasteiger partial charge in [-0.05, 0) is 32.4 Å². The van der Waals surface area contributed by atoms with Crippen LogP contribution in [0.15, 0.2) is 18.2 Å². The summed E-state index contributed by atoms with van der Waals surface area (Å²) in [7, 11) is 0. The number of hydrogen-bond acceptors (Lipinski definition) is 7. The topological polar surface area (TPSA) is 119 Å². The number of phenolic OH excluding ortho intramolecular Hbond substituents is 1. The first-order valence-electron chi connectivity index (χ1n) is 7.32. The van der Waals surface area contributed by atoms with Crippen LogP contribution in [-0.2, 0) is 4.74 Å². The van der Waals surface area contributed by atoms with Crippen molar-refractivity contribution in [3.63, 3.8) is 0 Å². The largest absolute Gasteiger partial charge is 0.507 e. The second-order valence-corrected chi connectivity index (χ2v) is 6.35. The van der Waals surface area contributed by atoms with E-state index in [2.05, 4.69) is 5.32 Å². The van der Waals surface area contributed by atoms with Crippen molar-refractivity contribution in [1.29, 1.82) is 0 Å². The van der Waals surface area contributed by atoms with Crippen molar-refractivity contribution in [1.82, 2.24) is 0 Å². The lowest BCUT2D eigenvalue weighted by Crippen LogP contribution is -2.15. The van der Waals surface area contributed by atoms with Crippen molar-refractivity contribution in [2.45, 2.75) is 20.8 Å². The van der Waals surface area contributed by atoms with Crippen LogP contribution in [0.25, 0.3) is 0 Å². The lowest BCUT2D eigenvalue weighted by molar-refractivity contribution is -0.384. The van der Waals surface area contributed by atoms with Crippen molar-refractivity contribution in [2.24, 2.45) is 0 Å². The van der Waals surface area contributed by atoms with Crippen molar-refractivity contribution < 1.29 is 24.4 Å². The maximum Gasteiger partial charge on any atom is 0.341 e. The molecule has 0 radical (unpaired) electrons. The van der Waals surface area contributed by atoms with Gasteiger partial charge in [0.05, 0.1) is 22.7 Å². The van der Waals surface area contributed by atoms with Gasteiger partial charge in [0.15, 0.2) is 0 Å². The normalized spacial score (nSPS) is 10.4. The fraction of sp³-hybridized carbons (Fsp3) is 0.250.